The number of hydrogen-bond donors (Lipinski definition) is 0. The molecule has 2 aromatic carbocycles. The number of rotatable bonds is 4. The van der Waals surface area contributed by atoms with E-state index < -0.39 is 5.82 Å². The van der Waals surface area contributed by atoms with E-state index in [0.29, 0.717) is 42.4 Å². The Kier molecular flexibility index (Phi) is 4.65. The lowest BCUT2D eigenvalue weighted by molar-refractivity contribution is 0.0707. The zero-order valence-corrected chi connectivity index (χ0v) is 15.4. The predicted octanol–water partition coefficient (Wildman–Crippen LogP) is 3.39. The van der Waals surface area contributed by atoms with Crippen LogP contribution in [0.5, 0.6) is 5.75 Å². The smallest absolute Gasteiger partial charge is 0.254 e. The summed E-state index contributed by atoms with van der Waals surface area (Å²) in [5, 5.41) is 8.59. The molecule has 0 aliphatic carbocycles. The first-order valence-corrected chi connectivity index (χ1v) is 8.89. The van der Waals surface area contributed by atoms with Crippen molar-refractivity contribution in [3.8, 4) is 17.1 Å². The van der Waals surface area contributed by atoms with Crippen molar-refractivity contribution in [1.29, 1.82) is 0 Å². The van der Waals surface area contributed by atoms with Gasteiger partial charge in [0.15, 0.2) is 11.6 Å². The fourth-order valence-electron chi connectivity index (χ4n) is 3.43. The average molecular weight is 378 g/mol. The first kappa shape index (κ1) is 17.9. The van der Waals surface area contributed by atoms with E-state index >= 15 is 0 Å². The molecule has 28 heavy (non-hydrogen) atoms. The summed E-state index contributed by atoms with van der Waals surface area (Å²) >= 11 is 0. The van der Waals surface area contributed by atoms with Crippen LogP contribution in [0.1, 0.15) is 21.7 Å². The lowest BCUT2D eigenvalue weighted by Crippen LogP contribution is -2.38. The molecule has 0 saturated heterocycles. The summed E-state index contributed by atoms with van der Waals surface area (Å²) in [6.45, 7) is 5.06. The average Bonchev–Trinajstić information content (AvgIpc) is 3.16. The summed E-state index contributed by atoms with van der Waals surface area (Å²) in [4.78, 5) is 14.6. The molecule has 0 fully saturated rings. The summed E-state index contributed by atoms with van der Waals surface area (Å²) in [6, 6.07) is 11.7. The number of hydrogen-bond acceptors (Lipinski definition) is 4. The van der Waals surface area contributed by atoms with Crippen LogP contribution in [-0.2, 0) is 13.1 Å². The second-order valence-electron chi connectivity index (χ2n) is 6.45. The van der Waals surface area contributed by atoms with Crippen LogP contribution in [0.15, 0.2) is 49.0 Å². The summed E-state index contributed by atoms with van der Waals surface area (Å²) in [5.41, 5.74) is 1.76. The lowest BCUT2D eigenvalue weighted by Gasteiger charge is -2.28. The van der Waals surface area contributed by atoms with Gasteiger partial charge >= 0.3 is 0 Å². The molecule has 4 rings (SSSR count). The first-order chi connectivity index (χ1) is 13.6. The fourth-order valence-corrected chi connectivity index (χ4v) is 3.43. The Morgan fingerprint density at radius 2 is 2.04 bits per heavy atom. The van der Waals surface area contributed by atoms with E-state index in [0.717, 1.165) is 11.3 Å². The molecule has 0 N–H and O–H groups in total. The SMILES string of the molecule is C=Cc1cc(F)ccc1C(=O)N1CCn2c(nnc2-c2ccccc2OC)C1. The first-order valence-electron chi connectivity index (χ1n) is 8.89. The van der Waals surface area contributed by atoms with Crippen LogP contribution in [0.4, 0.5) is 4.39 Å². The van der Waals surface area contributed by atoms with E-state index in [1.165, 1.54) is 24.3 Å². The second kappa shape index (κ2) is 7.26. The van der Waals surface area contributed by atoms with Crippen molar-refractivity contribution >= 4 is 12.0 Å². The maximum Gasteiger partial charge on any atom is 0.254 e. The van der Waals surface area contributed by atoms with Crippen molar-refractivity contribution in [2.45, 2.75) is 13.1 Å². The summed E-state index contributed by atoms with van der Waals surface area (Å²) in [7, 11) is 1.62. The number of halogens is 1. The molecule has 0 spiro atoms. The Labute approximate surface area is 161 Å². The monoisotopic (exact) mass is 378 g/mol. The quantitative estimate of drug-likeness (QED) is 0.698. The molecule has 0 bridgehead atoms. The largest absolute Gasteiger partial charge is 0.496 e. The number of carbonyl (C=O) groups excluding carboxylic acids is 1. The molecule has 0 saturated carbocycles. The Bertz CT molecular complexity index is 1060. The van der Waals surface area contributed by atoms with Gasteiger partial charge < -0.3 is 14.2 Å². The molecule has 0 atom stereocenters. The maximum absolute atomic E-state index is 13.5. The van der Waals surface area contributed by atoms with Crippen LogP contribution in [-0.4, -0.2) is 39.2 Å². The van der Waals surface area contributed by atoms with Crippen molar-refractivity contribution in [1.82, 2.24) is 19.7 Å². The van der Waals surface area contributed by atoms with Crippen molar-refractivity contribution in [2.24, 2.45) is 0 Å². The van der Waals surface area contributed by atoms with Gasteiger partial charge in [-0.1, -0.05) is 24.8 Å². The zero-order chi connectivity index (χ0) is 19.7. The molecule has 1 aliphatic heterocycles. The third-order valence-electron chi connectivity index (χ3n) is 4.85. The molecular formula is C21H19FN4O2. The van der Waals surface area contributed by atoms with Gasteiger partial charge in [0, 0.05) is 18.7 Å². The standard InChI is InChI=1S/C21H19FN4O2/c1-3-14-12-15(22)8-9-16(14)21(27)25-10-11-26-19(13-25)23-24-20(26)17-6-4-5-7-18(17)28-2/h3-9,12H,1,10-11,13H2,2H3. The highest BCUT2D eigenvalue weighted by atomic mass is 19.1. The van der Waals surface area contributed by atoms with E-state index in [1.54, 1.807) is 12.0 Å². The highest BCUT2D eigenvalue weighted by Crippen LogP contribution is 2.30. The van der Waals surface area contributed by atoms with E-state index in [1.807, 2.05) is 28.8 Å². The van der Waals surface area contributed by atoms with Crippen LogP contribution >= 0.6 is 0 Å². The molecule has 7 heteroatoms. The predicted molar refractivity (Wildman–Crippen MR) is 103 cm³/mol. The van der Waals surface area contributed by atoms with Crippen molar-refractivity contribution in [3.05, 3.63) is 71.8 Å². The maximum atomic E-state index is 13.5. The van der Waals surface area contributed by atoms with Crippen LogP contribution in [0.2, 0.25) is 0 Å². The van der Waals surface area contributed by atoms with Crippen LogP contribution in [0, 0.1) is 5.82 Å². The van der Waals surface area contributed by atoms with Gasteiger partial charge in [0.2, 0.25) is 0 Å². The van der Waals surface area contributed by atoms with Crippen molar-refractivity contribution in [2.75, 3.05) is 13.7 Å². The normalized spacial score (nSPS) is 13.1. The number of benzene rings is 2. The van der Waals surface area contributed by atoms with Gasteiger partial charge in [-0.3, -0.25) is 4.79 Å². The number of para-hydroxylation sites is 1. The van der Waals surface area contributed by atoms with Crippen LogP contribution < -0.4 is 4.74 Å². The van der Waals surface area contributed by atoms with Crippen molar-refractivity contribution in [3.63, 3.8) is 0 Å². The van der Waals surface area contributed by atoms with E-state index in [9.17, 15) is 9.18 Å². The molecule has 2 heterocycles. The van der Waals surface area contributed by atoms with E-state index in [-0.39, 0.29) is 5.91 Å². The molecule has 3 aromatic rings. The number of methoxy groups -OCH3 is 1. The van der Waals surface area contributed by atoms with Gasteiger partial charge in [0.05, 0.1) is 19.2 Å². The molecular weight excluding hydrogens is 359 g/mol. The summed E-state index contributed by atoms with van der Waals surface area (Å²) in [6.07, 6.45) is 1.49. The summed E-state index contributed by atoms with van der Waals surface area (Å²) < 4.78 is 20.9. The number of ether oxygens (including phenoxy) is 1. The van der Waals surface area contributed by atoms with E-state index in [2.05, 4.69) is 16.8 Å². The minimum absolute atomic E-state index is 0.178. The van der Waals surface area contributed by atoms with Crippen LogP contribution in [0.3, 0.4) is 0 Å². The molecule has 0 radical (unpaired) electrons. The van der Waals surface area contributed by atoms with Crippen molar-refractivity contribution < 1.29 is 13.9 Å². The zero-order valence-electron chi connectivity index (χ0n) is 15.4. The minimum atomic E-state index is -0.397. The number of carbonyl (C=O) groups is 1. The third-order valence-corrected chi connectivity index (χ3v) is 4.85. The van der Waals surface area contributed by atoms with Gasteiger partial charge in [-0.05, 0) is 35.9 Å². The van der Waals surface area contributed by atoms with Gasteiger partial charge in [0.25, 0.3) is 5.91 Å². The molecule has 0 unspecified atom stereocenters. The third kappa shape index (κ3) is 3.05. The van der Waals surface area contributed by atoms with Gasteiger partial charge in [-0.25, -0.2) is 4.39 Å². The second-order valence-corrected chi connectivity index (χ2v) is 6.45. The highest BCUT2D eigenvalue weighted by Gasteiger charge is 2.27. The Morgan fingerprint density at radius 3 is 2.82 bits per heavy atom. The number of aromatic nitrogens is 3. The van der Waals surface area contributed by atoms with Gasteiger partial charge in [-0.15, -0.1) is 10.2 Å². The number of nitrogens with zero attached hydrogens (tertiary/aromatic N) is 4. The summed E-state index contributed by atoms with van der Waals surface area (Å²) in [5.74, 6) is 1.56. The number of fused-ring (bicyclic) bond motifs is 1. The fraction of sp³-hybridized carbons (Fsp3) is 0.190. The van der Waals surface area contributed by atoms with Gasteiger partial charge in [-0.2, -0.15) is 0 Å². The molecule has 1 aliphatic rings. The Hall–Kier alpha value is -3.48. The molecule has 1 aromatic heterocycles. The Morgan fingerprint density at radius 1 is 1.21 bits per heavy atom. The van der Waals surface area contributed by atoms with Crippen LogP contribution in [0.25, 0.3) is 17.5 Å². The number of amides is 1. The lowest BCUT2D eigenvalue weighted by atomic mass is 10.1. The molecule has 142 valence electrons. The minimum Gasteiger partial charge on any atom is -0.496 e. The highest BCUT2D eigenvalue weighted by molar-refractivity contribution is 5.97. The van der Waals surface area contributed by atoms with E-state index in [4.69, 9.17) is 4.74 Å². The molecule has 1 amide bonds. The Balaban J connectivity index is 1.63. The molecule has 6 nitrogen and oxygen atoms in total. The topological polar surface area (TPSA) is 60.2 Å². The van der Waals surface area contributed by atoms with Gasteiger partial charge in [0.1, 0.15) is 11.6 Å².